The van der Waals surface area contributed by atoms with E-state index in [1.54, 1.807) is 0 Å². The van der Waals surface area contributed by atoms with Gasteiger partial charge in [-0.1, -0.05) is 127 Å². The number of nitrogens with zero attached hydrogens (tertiary/aromatic N) is 2. The van der Waals surface area contributed by atoms with E-state index in [1.165, 1.54) is 27.1 Å². The number of para-hydroxylation sites is 2. The van der Waals surface area contributed by atoms with Crippen LogP contribution in [0.2, 0.25) is 19.6 Å². The molecule has 4 nitrogen and oxygen atoms in total. The predicted molar refractivity (Wildman–Crippen MR) is 235 cm³/mol. The molecule has 4 aromatic heterocycles. The molecule has 0 saturated heterocycles. The first-order valence-corrected chi connectivity index (χ1v) is 21.9. The van der Waals surface area contributed by atoms with Gasteiger partial charge < -0.3 is 16.3 Å². The van der Waals surface area contributed by atoms with Gasteiger partial charge in [0.25, 0.3) is 0 Å². The van der Waals surface area contributed by atoms with Gasteiger partial charge in [0.15, 0.2) is 0 Å². The maximum absolute atomic E-state index is 6.38. The van der Waals surface area contributed by atoms with Crippen molar-refractivity contribution in [3.63, 3.8) is 0 Å². The maximum Gasteiger partial charge on any atom is 0.145 e. The Morgan fingerprint density at radius 1 is 0.566 bits per heavy atom. The number of furan rings is 2. The first kappa shape index (κ1) is 39.7. The lowest BCUT2D eigenvalue weighted by Gasteiger charge is -2.20. The van der Waals surface area contributed by atoms with Crippen LogP contribution in [-0.4, -0.2) is 18.0 Å². The summed E-state index contributed by atoms with van der Waals surface area (Å²) >= 11 is 3.67. The fourth-order valence-corrected chi connectivity index (χ4v) is 8.84. The Hall–Kier alpha value is -4.52. The lowest BCUT2D eigenvalue weighted by molar-refractivity contribution is 0.589. The first-order chi connectivity index (χ1) is 24.1. The van der Waals surface area contributed by atoms with Crippen LogP contribution in [0.4, 0.5) is 0 Å². The van der Waals surface area contributed by atoms with Crippen molar-refractivity contribution in [1.82, 2.24) is 9.97 Å². The van der Waals surface area contributed by atoms with Crippen molar-refractivity contribution >= 4 is 73.1 Å². The van der Waals surface area contributed by atoms with E-state index in [1.807, 2.05) is 36.7 Å². The topological polar surface area (TPSA) is 52.1 Å². The molecule has 0 atom stereocenters. The van der Waals surface area contributed by atoms with Gasteiger partial charge in [-0.25, -0.2) is 0 Å². The molecule has 53 heavy (non-hydrogen) atoms. The van der Waals surface area contributed by atoms with Gasteiger partial charge in [-0.3, -0.25) is 9.97 Å². The zero-order valence-corrected chi connectivity index (χ0v) is 34.6. The molecule has 0 N–H and O–H groups in total. The molecule has 0 unspecified atom stereocenters. The van der Waals surface area contributed by atoms with Gasteiger partial charge in [-0.15, -0.1) is 0 Å². The summed E-state index contributed by atoms with van der Waals surface area (Å²) in [6.45, 7) is 20.5. The number of pyridine rings is 2. The van der Waals surface area contributed by atoms with E-state index >= 15 is 0 Å². The minimum Gasteiger partial charge on any atom is -0.455 e. The lowest BCUT2D eigenvalue weighted by atomic mass is 9.87. The Labute approximate surface area is 324 Å². The standard InChI is InChI=1S/C24H27NOSi.C21H18BrNO.CH4.CH3/c1-24(2,3)16-13-14-25-19(15-16)17-11-12-21(27(4,5)6)22-18-9-7-8-10-20(18)26-23(17)22;1-21(2,3)13-10-11-23-17(12-13)14-8-9-16(22)19-15-6-4-5-7-18(15)24-20(14)19;;/h7-15H,1-6H3;4-12H,1-3H3;1H4;1H3/q;;;-1. The van der Waals surface area contributed by atoms with Crippen LogP contribution in [0.3, 0.4) is 0 Å². The molecular formula is C47H52BrN2O2Si-. The fraction of sp³-hybridized carbons (Fsp3) is 0.255. The molecule has 0 bridgehead atoms. The molecule has 8 aromatic rings. The molecule has 0 amide bonds. The van der Waals surface area contributed by atoms with E-state index < -0.39 is 8.07 Å². The molecule has 0 fully saturated rings. The van der Waals surface area contributed by atoms with Crippen LogP contribution >= 0.6 is 15.9 Å². The van der Waals surface area contributed by atoms with E-state index in [9.17, 15) is 0 Å². The van der Waals surface area contributed by atoms with E-state index in [0.717, 1.165) is 60.1 Å². The van der Waals surface area contributed by atoms with Crippen molar-refractivity contribution in [2.24, 2.45) is 0 Å². The van der Waals surface area contributed by atoms with Gasteiger partial charge >= 0.3 is 0 Å². The van der Waals surface area contributed by atoms with Crippen LogP contribution < -0.4 is 5.19 Å². The fourth-order valence-electron chi connectivity index (χ4n) is 6.73. The van der Waals surface area contributed by atoms with Crippen LogP contribution in [0.5, 0.6) is 0 Å². The average Bonchev–Trinajstić information content (AvgIpc) is 3.67. The van der Waals surface area contributed by atoms with Crippen molar-refractivity contribution < 1.29 is 8.83 Å². The highest BCUT2D eigenvalue weighted by molar-refractivity contribution is 9.10. The van der Waals surface area contributed by atoms with Crippen molar-refractivity contribution in [3.8, 4) is 22.5 Å². The molecule has 0 aliphatic rings. The van der Waals surface area contributed by atoms with Gasteiger partial charge in [0.05, 0.1) is 19.5 Å². The summed E-state index contributed by atoms with van der Waals surface area (Å²) in [5, 5.41) is 6.14. The number of rotatable bonds is 3. The Morgan fingerprint density at radius 2 is 1.00 bits per heavy atom. The molecule has 6 heteroatoms. The molecule has 0 aliphatic carbocycles. The molecule has 0 radical (unpaired) electrons. The lowest BCUT2D eigenvalue weighted by Crippen LogP contribution is -2.37. The third kappa shape index (κ3) is 7.63. The van der Waals surface area contributed by atoms with Crippen LogP contribution in [0, 0.1) is 7.43 Å². The van der Waals surface area contributed by atoms with E-state index in [0.29, 0.717) is 0 Å². The number of fused-ring (bicyclic) bond motifs is 6. The van der Waals surface area contributed by atoms with E-state index in [2.05, 4.69) is 160 Å². The first-order valence-electron chi connectivity index (χ1n) is 17.6. The summed E-state index contributed by atoms with van der Waals surface area (Å²) < 4.78 is 13.6. The summed E-state index contributed by atoms with van der Waals surface area (Å²) in [5.74, 6) is 0. The van der Waals surface area contributed by atoms with Crippen molar-refractivity contribution in [1.29, 1.82) is 0 Å². The highest BCUT2D eigenvalue weighted by atomic mass is 79.9. The Kier molecular flexibility index (Phi) is 11.0. The van der Waals surface area contributed by atoms with Crippen LogP contribution in [0.25, 0.3) is 66.4 Å². The zero-order valence-electron chi connectivity index (χ0n) is 32.0. The number of halogens is 1. The molecule has 0 spiro atoms. The van der Waals surface area contributed by atoms with Crippen molar-refractivity contribution in [2.75, 3.05) is 0 Å². The molecule has 8 rings (SSSR count). The number of hydrogen-bond acceptors (Lipinski definition) is 4. The van der Waals surface area contributed by atoms with Crippen LogP contribution in [0.1, 0.15) is 60.1 Å². The molecule has 0 saturated carbocycles. The van der Waals surface area contributed by atoms with Crippen LogP contribution in [-0.2, 0) is 10.8 Å². The van der Waals surface area contributed by atoms with Gasteiger partial charge in [0.2, 0.25) is 0 Å². The smallest absolute Gasteiger partial charge is 0.145 e. The predicted octanol–water partition coefficient (Wildman–Crippen LogP) is 14.3. The largest absolute Gasteiger partial charge is 0.455 e. The second-order valence-electron chi connectivity index (χ2n) is 16.5. The monoisotopic (exact) mass is 783 g/mol. The van der Waals surface area contributed by atoms with Crippen LogP contribution in [0.15, 0.2) is 123 Å². The minimum absolute atomic E-state index is 0. The quantitative estimate of drug-likeness (QED) is 0.132. The molecule has 0 aliphatic heterocycles. The van der Waals surface area contributed by atoms with E-state index in [4.69, 9.17) is 8.83 Å². The zero-order chi connectivity index (χ0) is 36.3. The number of aromatic nitrogens is 2. The van der Waals surface area contributed by atoms with Gasteiger partial charge in [0, 0.05) is 49.5 Å². The third-order valence-corrected chi connectivity index (χ3v) is 12.3. The summed E-state index contributed by atoms with van der Waals surface area (Å²) in [4.78, 5) is 9.28. The third-order valence-electron chi connectivity index (χ3n) is 9.61. The Morgan fingerprint density at radius 3 is 1.47 bits per heavy atom. The maximum atomic E-state index is 6.38. The highest BCUT2D eigenvalue weighted by Crippen LogP contribution is 2.40. The molecule has 4 heterocycles. The minimum atomic E-state index is -1.52. The van der Waals surface area contributed by atoms with Gasteiger partial charge in [-0.2, -0.15) is 0 Å². The number of hydrogen-bond donors (Lipinski definition) is 0. The second-order valence-corrected chi connectivity index (χ2v) is 22.4. The van der Waals surface area contributed by atoms with Gasteiger partial charge in [0.1, 0.15) is 22.3 Å². The normalized spacial score (nSPS) is 12.0. The SMILES string of the molecule is C.CC(C)(C)c1ccnc(-c2ccc(Br)c3c2oc2ccccc23)c1.CC(C)(C)c1ccnc(-c2ccc([Si](C)(C)C)c3c2oc2ccccc23)c1.[CH3-]. The Bertz CT molecular complexity index is 2560. The molecular weight excluding hydrogens is 733 g/mol. The second kappa shape index (κ2) is 14.7. The summed E-state index contributed by atoms with van der Waals surface area (Å²) in [6.07, 6.45) is 3.79. The van der Waals surface area contributed by atoms with E-state index in [-0.39, 0.29) is 25.7 Å². The number of benzene rings is 4. The Balaban J connectivity index is 0.000000198. The summed E-state index contributed by atoms with van der Waals surface area (Å²) in [5.41, 5.74) is 10.4. The van der Waals surface area contributed by atoms with Crippen molar-refractivity contribution in [3.05, 3.63) is 132 Å². The molecule has 4 aromatic carbocycles. The molecule has 274 valence electrons. The highest BCUT2D eigenvalue weighted by Gasteiger charge is 2.25. The summed E-state index contributed by atoms with van der Waals surface area (Å²) in [7, 11) is -1.52. The summed E-state index contributed by atoms with van der Waals surface area (Å²) in [6, 6.07) is 33.7. The average molecular weight is 785 g/mol. The van der Waals surface area contributed by atoms with Crippen molar-refractivity contribution in [2.45, 2.75) is 79.4 Å². The van der Waals surface area contributed by atoms with Gasteiger partial charge in [-0.05, 0) is 81.7 Å².